The van der Waals surface area contributed by atoms with Crippen LogP contribution in [0.1, 0.15) is 42.2 Å². The zero-order valence-corrected chi connectivity index (χ0v) is 16.5. The molecule has 3 saturated heterocycles. The summed E-state index contributed by atoms with van der Waals surface area (Å²) in [5.41, 5.74) is 1.89. The van der Waals surface area contributed by atoms with Crippen LogP contribution in [0.2, 0.25) is 0 Å². The van der Waals surface area contributed by atoms with E-state index in [1.807, 2.05) is 30.3 Å². The summed E-state index contributed by atoms with van der Waals surface area (Å²) in [6.07, 6.45) is 3.83. The number of nitrogens with zero attached hydrogens (tertiary/aromatic N) is 1. The molecule has 2 aromatic rings. The zero-order chi connectivity index (χ0) is 19.6. The third-order valence-corrected chi connectivity index (χ3v) is 6.71. The monoisotopic (exact) mass is 381 g/mol. The molecule has 2 unspecified atom stereocenters. The number of fused-ring (bicyclic) bond motifs is 3. The predicted molar refractivity (Wildman–Crippen MR) is 111 cm³/mol. The van der Waals surface area contributed by atoms with E-state index < -0.39 is 5.60 Å². The first-order valence-corrected chi connectivity index (χ1v) is 10.3. The van der Waals surface area contributed by atoms with Gasteiger partial charge in [0, 0.05) is 13.9 Å². The van der Waals surface area contributed by atoms with Crippen molar-refractivity contribution in [1.82, 2.24) is 4.90 Å². The number of hydrogen-bond donors (Lipinski definition) is 1. The molecule has 3 fully saturated rings. The van der Waals surface area contributed by atoms with Crippen molar-refractivity contribution in [1.29, 1.82) is 0 Å². The summed E-state index contributed by atoms with van der Waals surface area (Å²) in [5, 5.41) is 12.0. The quantitative estimate of drug-likeness (QED) is 0.772. The Bertz CT molecular complexity index is 803. The topological polar surface area (TPSA) is 49.8 Å². The Hall–Kier alpha value is -2.17. The fraction of sp³-hybridized carbons (Fsp3) is 0.458. The zero-order valence-electron chi connectivity index (χ0n) is 16.5. The van der Waals surface area contributed by atoms with E-state index in [2.05, 4.69) is 17.0 Å². The number of piperidine rings is 3. The van der Waals surface area contributed by atoms with Gasteiger partial charge in [-0.05, 0) is 68.0 Å². The molecule has 0 aliphatic carbocycles. The third kappa shape index (κ3) is 3.71. The van der Waals surface area contributed by atoms with Gasteiger partial charge in [-0.1, -0.05) is 42.5 Å². The molecule has 0 aromatic heterocycles. The third-order valence-electron chi connectivity index (χ3n) is 6.71. The molecule has 5 rings (SSSR count). The first-order valence-electron chi connectivity index (χ1n) is 10.3. The van der Waals surface area contributed by atoms with Crippen LogP contribution in [0.3, 0.4) is 0 Å². The molecular weight excluding hydrogens is 350 g/mol. The number of carbonyl (C=O) groups is 1. The highest BCUT2D eigenvalue weighted by Gasteiger charge is 2.47. The van der Waals surface area contributed by atoms with Crippen molar-refractivity contribution in [2.45, 2.75) is 31.3 Å². The molecule has 2 bridgehead atoms. The molecule has 3 aliphatic heterocycles. The molecule has 0 radical (unpaired) electrons. The number of rotatable bonds is 6. The molecule has 0 spiro atoms. The van der Waals surface area contributed by atoms with Gasteiger partial charge in [0.1, 0.15) is 0 Å². The molecular formula is C24H31NO3. The highest BCUT2D eigenvalue weighted by atomic mass is 16.5. The highest BCUT2D eigenvalue weighted by Crippen LogP contribution is 2.45. The lowest BCUT2D eigenvalue weighted by atomic mass is 9.66. The summed E-state index contributed by atoms with van der Waals surface area (Å²) in [7, 11) is 1.39. The van der Waals surface area contributed by atoms with Crippen LogP contribution in [-0.4, -0.2) is 42.7 Å². The van der Waals surface area contributed by atoms with Gasteiger partial charge in [0.15, 0.2) is 0 Å². The van der Waals surface area contributed by atoms with Crippen LogP contribution in [0, 0.1) is 11.8 Å². The molecule has 3 aliphatic rings. The molecule has 4 nitrogen and oxygen atoms in total. The van der Waals surface area contributed by atoms with Gasteiger partial charge in [-0.15, -0.1) is 0 Å². The van der Waals surface area contributed by atoms with Crippen LogP contribution in [-0.2, 0) is 16.8 Å². The van der Waals surface area contributed by atoms with E-state index in [1.54, 1.807) is 12.1 Å². The first-order chi connectivity index (χ1) is 13.6. The van der Waals surface area contributed by atoms with Crippen molar-refractivity contribution in [3.63, 3.8) is 0 Å². The molecule has 0 amide bonds. The van der Waals surface area contributed by atoms with Crippen molar-refractivity contribution in [2.75, 3.05) is 26.7 Å². The number of esters is 1. The van der Waals surface area contributed by atoms with Crippen LogP contribution in [0.5, 0.6) is 0 Å². The Morgan fingerprint density at radius 2 is 1.82 bits per heavy atom. The van der Waals surface area contributed by atoms with E-state index >= 15 is 0 Å². The van der Waals surface area contributed by atoms with E-state index in [1.165, 1.54) is 33.0 Å². The molecule has 0 saturated carbocycles. The summed E-state index contributed by atoms with van der Waals surface area (Å²) in [4.78, 5) is 14.1. The predicted octanol–water partition coefficient (Wildman–Crippen LogP) is 3.88. The Morgan fingerprint density at radius 3 is 2.39 bits per heavy atom. The molecule has 2 atom stereocenters. The minimum atomic E-state index is -0.827. The smallest absolute Gasteiger partial charge is 0.337 e. The SMILES string of the molecule is COC(=O)c1ccc(CCC(O)(c2ccccc2)C2CN3CCC2CC3)cc1.[HH]. The Kier molecular flexibility index (Phi) is 5.51. The first kappa shape index (κ1) is 19.2. The lowest BCUT2D eigenvalue weighted by molar-refractivity contribution is -0.106. The van der Waals surface area contributed by atoms with Crippen LogP contribution in [0.15, 0.2) is 54.6 Å². The molecule has 150 valence electrons. The van der Waals surface area contributed by atoms with Gasteiger partial charge < -0.3 is 14.7 Å². The summed E-state index contributed by atoms with van der Waals surface area (Å²) in [6.45, 7) is 3.32. The largest absolute Gasteiger partial charge is 0.465 e. The van der Waals surface area contributed by atoms with Gasteiger partial charge in [0.2, 0.25) is 0 Å². The molecule has 1 N–H and O–H groups in total. The Morgan fingerprint density at radius 1 is 1.14 bits per heavy atom. The molecule has 28 heavy (non-hydrogen) atoms. The summed E-state index contributed by atoms with van der Waals surface area (Å²) < 4.78 is 4.77. The van der Waals surface area contributed by atoms with Gasteiger partial charge in [-0.3, -0.25) is 0 Å². The number of aryl methyl sites for hydroxylation is 1. The van der Waals surface area contributed by atoms with Crippen molar-refractivity contribution in [3.8, 4) is 0 Å². The molecule has 3 heterocycles. The van der Waals surface area contributed by atoms with Gasteiger partial charge in [-0.2, -0.15) is 0 Å². The second-order valence-electron chi connectivity index (χ2n) is 8.22. The number of ether oxygens (including phenoxy) is 1. The second kappa shape index (κ2) is 8.06. The molecule has 4 heteroatoms. The highest BCUT2D eigenvalue weighted by molar-refractivity contribution is 5.89. The lowest BCUT2D eigenvalue weighted by Crippen LogP contribution is -2.55. The van der Waals surface area contributed by atoms with E-state index in [9.17, 15) is 9.90 Å². The summed E-state index contributed by atoms with van der Waals surface area (Å²) >= 11 is 0. The van der Waals surface area contributed by atoms with Crippen molar-refractivity contribution in [3.05, 3.63) is 71.3 Å². The Labute approximate surface area is 168 Å². The van der Waals surface area contributed by atoms with Gasteiger partial charge in [0.05, 0.1) is 18.3 Å². The van der Waals surface area contributed by atoms with Crippen LogP contribution < -0.4 is 0 Å². The number of methoxy groups -OCH3 is 1. The number of carbonyl (C=O) groups excluding carboxylic acids is 1. The summed E-state index contributed by atoms with van der Waals surface area (Å²) in [6, 6.07) is 17.7. The second-order valence-corrected chi connectivity index (χ2v) is 8.22. The van der Waals surface area contributed by atoms with Gasteiger partial charge in [0.25, 0.3) is 0 Å². The lowest BCUT2D eigenvalue weighted by Gasteiger charge is -2.51. The number of aliphatic hydroxyl groups is 1. The van der Waals surface area contributed by atoms with Crippen LogP contribution in [0.25, 0.3) is 0 Å². The van der Waals surface area contributed by atoms with Crippen molar-refractivity contribution < 1.29 is 16.1 Å². The van der Waals surface area contributed by atoms with Gasteiger partial charge >= 0.3 is 5.97 Å². The number of benzene rings is 2. The van der Waals surface area contributed by atoms with E-state index in [-0.39, 0.29) is 13.3 Å². The van der Waals surface area contributed by atoms with Crippen molar-refractivity contribution >= 4 is 5.97 Å². The van der Waals surface area contributed by atoms with E-state index in [0.717, 1.165) is 24.1 Å². The van der Waals surface area contributed by atoms with E-state index in [0.29, 0.717) is 17.9 Å². The fourth-order valence-electron chi connectivity index (χ4n) is 5.04. The maximum Gasteiger partial charge on any atom is 0.337 e. The van der Waals surface area contributed by atoms with Gasteiger partial charge in [-0.25, -0.2) is 4.79 Å². The van der Waals surface area contributed by atoms with Crippen LogP contribution in [0.4, 0.5) is 0 Å². The summed E-state index contributed by atoms with van der Waals surface area (Å²) in [5.74, 6) is 0.545. The Balaban J connectivity index is 0.00000240. The average Bonchev–Trinajstić information content (AvgIpc) is 2.78. The molecule has 2 aromatic carbocycles. The fourth-order valence-corrected chi connectivity index (χ4v) is 5.04. The number of hydrogen-bond acceptors (Lipinski definition) is 4. The van der Waals surface area contributed by atoms with E-state index in [4.69, 9.17) is 4.74 Å². The van der Waals surface area contributed by atoms with Crippen molar-refractivity contribution in [2.24, 2.45) is 11.8 Å². The van der Waals surface area contributed by atoms with Crippen LogP contribution >= 0.6 is 0 Å². The minimum absolute atomic E-state index is 0. The standard InChI is InChI=1S/C24H29NO3.H2/c1-28-23(26)20-9-7-18(8-10-20)11-14-24(27,21-5-3-2-4-6-21)22-17-25-15-12-19(22)13-16-25;/h2-10,19,22,27H,11-17H2,1H3;1H. The minimum Gasteiger partial charge on any atom is -0.465 e. The average molecular weight is 382 g/mol. The normalized spacial score (nSPS) is 25.9. The maximum atomic E-state index is 12.0. The maximum absolute atomic E-state index is 12.0.